The van der Waals surface area contributed by atoms with E-state index in [0.29, 0.717) is 18.5 Å². The summed E-state index contributed by atoms with van der Waals surface area (Å²) in [4.78, 5) is 26.9. The van der Waals surface area contributed by atoms with Crippen molar-refractivity contribution in [3.05, 3.63) is 83.7 Å². The van der Waals surface area contributed by atoms with E-state index >= 15 is 0 Å². The summed E-state index contributed by atoms with van der Waals surface area (Å²) >= 11 is 0. The number of nitrogens with zero attached hydrogens (tertiary/aromatic N) is 3. The number of alkyl carbamates (subject to hydrolysis) is 1. The van der Waals surface area contributed by atoms with Crippen LogP contribution in [0, 0.1) is 0 Å². The smallest absolute Gasteiger partial charge is 0.414 e. The molecule has 1 atom stereocenters. The van der Waals surface area contributed by atoms with Gasteiger partial charge in [-0.05, 0) is 24.0 Å². The summed E-state index contributed by atoms with van der Waals surface area (Å²) in [7, 11) is 1.82. The zero-order valence-corrected chi connectivity index (χ0v) is 17.9. The molecular formula is C24H26N4O4. The molecule has 0 unspecified atom stereocenters. The second-order valence-corrected chi connectivity index (χ2v) is 7.73. The summed E-state index contributed by atoms with van der Waals surface area (Å²) in [6, 6.07) is 18.7. The number of carbonyl (C=O) groups is 2. The molecule has 4 rings (SSSR count). The third kappa shape index (κ3) is 5.46. The molecule has 2 heterocycles. The number of fused-ring (bicyclic) bond motifs is 1. The first kappa shape index (κ1) is 21.4. The number of aromatic nitrogens is 2. The minimum absolute atomic E-state index is 0.170. The lowest BCUT2D eigenvalue weighted by Crippen LogP contribution is -2.45. The summed E-state index contributed by atoms with van der Waals surface area (Å²) in [5.41, 5.74) is 3.31. The molecule has 166 valence electrons. The van der Waals surface area contributed by atoms with Crippen molar-refractivity contribution in [2.24, 2.45) is 7.05 Å². The highest BCUT2D eigenvalue weighted by Gasteiger charge is 2.30. The van der Waals surface area contributed by atoms with E-state index in [-0.39, 0.29) is 25.8 Å². The van der Waals surface area contributed by atoms with Gasteiger partial charge in [-0.15, -0.1) is 0 Å². The number of ether oxygens (including phenoxy) is 2. The number of aryl methyl sites for hydroxylation is 2. The Morgan fingerprint density at radius 3 is 2.28 bits per heavy atom. The first-order chi connectivity index (χ1) is 15.6. The molecule has 0 aliphatic carbocycles. The van der Waals surface area contributed by atoms with E-state index in [1.54, 1.807) is 15.8 Å². The SMILES string of the molecule is Cn1cc2c(n1)CC[C@H](NC(=O)OCc1ccccc1)CN2C(=O)OCc1ccccc1. The Hall–Kier alpha value is -3.81. The molecule has 8 nitrogen and oxygen atoms in total. The van der Waals surface area contributed by atoms with Gasteiger partial charge in [0.25, 0.3) is 0 Å². The van der Waals surface area contributed by atoms with Crippen molar-refractivity contribution in [2.45, 2.75) is 32.1 Å². The molecular weight excluding hydrogens is 408 g/mol. The standard InChI is InChI=1S/C24H26N4O4/c1-27-15-22-21(26-27)13-12-20(25-23(29)31-16-18-8-4-2-5-9-18)14-28(22)24(30)32-17-19-10-6-3-7-11-19/h2-11,15,20H,12-14,16-17H2,1H3,(H,25,29)/t20-/m0/s1. The number of benzene rings is 2. The number of nitrogens with one attached hydrogen (secondary N) is 1. The van der Waals surface area contributed by atoms with E-state index in [1.807, 2.05) is 67.7 Å². The van der Waals surface area contributed by atoms with Crippen molar-refractivity contribution in [3.63, 3.8) is 0 Å². The second kappa shape index (κ2) is 10.00. The Bertz CT molecular complexity index is 1050. The number of amides is 2. The van der Waals surface area contributed by atoms with E-state index in [9.17, 15) is 9.59 Å². The zero-order valence-electron chi connectivity index (χ0n) is 17.9. The molecule has 3 aromatic rings. The van der Waals surface area contributed by atoms with Crippen LogP contribution in [0.2, 0.25) is 0 Å². The molecule has 0 saturated heterocycles. The number of carbonyl (C=O) groups excluding carboxylic acids is 2. The minimum atomic E-state index is -0.517. The summed E-state index contributed by atoms with van der Waals surface area (Å²) in [6.07, 6.45) is 2.07. The highest BCUT2D eigenvalue weighted by atomic mass is 16.6. The van der Waals surface area contributed by atoms with Gasteiger partial charge in [0.05, 0.1) is 17.4 Å². The Morgan fingerprint density at radius 2 is 1.62 bits per heavy atom. The van der Waals surface area contributed by atoms with Crippen LogP contribution in [0.3, 0.4) is 0 Å². The van der Waals surface area contributed by atoms with Gasteiger partial charge < -0.3 is 14.8 Å². The van der Waals surface area contributed by atoms with Crippen LogP contribution in [0.1, 0.15) is 23.2 Å². The minimum Gasteiger partial charge on any atom is -0.445 e. The van der Waals surface area contributed by atoms with Crippen molar-refractivity contribution < 1.29 is 19.1 Å². The Morgan fingerprint density at radius 1 is 1.00 bits per heavy atom. The lowest BCUT2D eigenvalue weighted by atomic mass is 10.1. The Kier molecular flexibility index (Phi) is 6.69. The molecule has 0 spiro atoms. The Labute approximate surface area is 186 Å². The van der Waals surface area contributed by atoms with E-state index < -0.39 is 12.2 Å². The third-order valence-corrected chi connectivity index (χ3v) is 5.27. The third-order valence-electron chi connectivity index (χ3n) is 5.27. The van der Waals surface area contributed by atoms with Crippen molar-refractivity contribution in [1.29, 1.82) is 0 Å². The van der Waals surface area contributed by atoms with E-state index in [1.165, 1.54) is 0 Å². The van der Waals surface area contributed by atoms with Crippen LogP contribution in [0.4, 0.5) is 15.3 Å². The molecule has 8 heteroatoms. The maximum absolute atomic E-state index is 13.0. The van der Waals surface area contributed by atoms with Gasteiger partial charge in [0.1, 0.15) is 13.2 Å². The van der Waals surface area contributed by atoms with Crippen molar-refractivity contribution in [1.82, 2.24) is 15.1 Å². The predicted octanol–water partition coefficient (Wildman–Crippen LogP) is 3.80. The van der Waals surface area contributed by atoms with Crippen molar-refractivity contribution in [2.75, 3.05) is 11.4 Å². The van der Waals surface area contributed by atoms with Crippen LogP contribution in [-0.2, 0) is 36.2 Å². The van der Waals surface area contributed by atoms with Crippen LogP contribution in [0.5, 0.6) is 0 Å². The van der Waals surface area contributed by atoms with Gasteiger partial charge in [-0.3, -0.25) is 9.58 Å². The van der Waals surface area contributed by atoms with Crippen molar-refractivity contribution in [3.8, 4) is 0 Å². The van der Waals surface area contributed by atoms with Crippen LogP contribution in [0.15, 0.2) is 66.9 Å². The molecule has 1 N–H and O–H groups in total. The summed E-state index contributed by atoms with van der Waals surface area (Å²) in [6.45, 7) is 0.626. The molecule has 32 heavy (non-hydrogen) atoms. The van der Waals surface area contributed by atoms with E-state index in [0.717, 1.165) is 16.8 Å². The van der Waals surface area contributed by atoms with Crippen molar-refractivity contribution >= 4 is 17.9 Å². The molecule has 0 radical (unpaired) electrons. The average molecular weight is 434 g/mol. The largest absolute Gasteiger partial charge is 0.445 e. The molecule has 0 saturated carbocycles. The topological polar surface area (TPSA) is 85.7 Å². The van der Waals surface area contributed by atoms with Gasteiger partial charge in [0.15, 0.2) is 0 Å². The lowest BCUT2D eigenvalue weighted by Gasteiger charge is -2.24. The van der Waals surface area contributed by atoms with Gasteiger partial charge >= 0.3 is 12.2 Å². The fourth-order valence-corrected chi connectivity index (χ4v) is 3.67. The summed E-state index contributed by atoms with van der Waals surface area (Å²) in [5, 5.41) is 7.36. The molecule has 1 aliphatic rings. The molecule has 0 bridgehead atoms. The predicted molar refractivity (Wildman–Crippen MR) is 119 cm³/mol. The molecule has 1 aromatic heterocycles. The fraction of sp³-hybridized carbons (Fsp3) is 0.292. The monoisotopic (exact) mass is 434 g/mol. The molecule has 0 fully saturated rings. The maximum atomic E-state index is 13.0. The van der Waals surface area contributed by atoms with Gasteiger partial charge in [-0.25, -0.2) is 9.59 Å². The van der Waals surface area contributed by atoms with E-state index in [2.05, 4.69) is 10.4 Å². The highest BCUT2D eigenvalue weighted by Crippen LogP contribution is 2.26. The molecule has 2 amide bonds. The van der Waals surface area contributed by atoms with Crippen LogP contribution < -0.4 is 10.2 Å². The number of hydrogen-bond acceptors (Lipinski definition) is 5. The second-order valence-electron chi connectivity index (χ2n) is 7.73. The average Bonchev–Trinajstić information content (AvgIpc) is 3.11. The Balaban J connectivity index is 1.40. The lowest BCUT2D eigenvalue weighted by molar-refractivity contribution is 0.133. The number of hydrogen-bond donors (Lipinski definition) is 1. The summed E-state index contributed by atoms with van der Waals surface area (Å²) in [5.74, 6) is 0. The van der Waals surface area contributed by atoms with Crippen LogP contribution in [-0.4, -0.2) is 34.6 Å². The normalized spacial score (nSPS) is 15.4. The van der Waals surface area contributed by atoms with Gasteiger partial charge in [-0.2, -0.15) is 5.10 Å². The van der Waals surface area contributed by atoms with Gasteiger partial charge in [0, 0.05) is 19.8 Å². The zero-order chi connectivity index (χ0) is 22.3. The number of rotatable bonds is 5. The molecule has 2 aromatic carbocycles. The van der Waals surface area contributed by atoms with E-state index in [4.69, 9.17) is 9.47 Å². The van der Waals surface area contributed by atoms with Crippen LogP contribution >= 0.6 is 0 Å². The first-order valence-electron chi connectivity index (χ1n) is 10.6. The maximum Gasteiger partial charge on any atom is 0.414 e. The fourth-order valence-electron chi connectivity index (χ4n) is 3.67. The summed E-state index contributed by atoms with van der Waals surface area (Å²) < 4.78 is 12.6. The highest BCUT2D eigenvalue weighted by molar-refractivity contribution is 5.88. The quantitative estimate of drug-likeness (QED) is 0.660. The van der Waals surface area contributed by atoms with Gasteiger partial charge in [0.2, 0.25) is 0 Å². The van der Waals surface area contributed by atoms with Gasteiger partial charge in [-0.1, -0.05) is 60.7 Å². The first-order valence-corrected chi connectivity index (χ1v) is 10.6. The number of anilines is 1. The van der Waals surface area contributed by atoms with Crippen LogP contribution in [0.25, 0.3) is 0 Å². The molecule has 1 aliphatic heterocycles.